The molecule has 1 aromatic heterocycles. The summed E-state index contributed by atoms with van der Waals surface area (Å²) in [6.45, 7) is 9.79. The molecule has 0 saturated carbocycles. The van der Waals surface area contributed by atoms with Gasteiger partial charge in [0.05, 0.1) is 0 Å². The van der Waals surface area contributed by atoms with Crippen molar-refractivity contribution in [3.8, 4) is 0 Å². The van der Waals surface area contributed by atoms with E-state index in [4.69, 9.17) is 0 Å². The quantitative estimate of drug-likeness (QED) is 0.681. The lowest BCUT2D eigenvalue weighted by molar-refractivity contribution is 0.0718. The van der Waals surface area contributed by atoms with E-state index in [9.17, 15) is 5.11 Å². The van der Waals surface area contributed by atoms with Gasteiger partial charge in [-0.1, -0.05) is 25.6 Å². The van der Waals surface area contributed by atoms with Crippen LogP contribution >= 0.6 is 11.8 Å². The average molecular weight is 280 g/mol. The van der Waals surface area contributed by atoms with E-state index in [1.165, 1.54) is 0 Å². The number of rotatable bonds is 3. The van der Waals surface area contributed by atoms with Gasteiger partial charge < -0.3 is 5.11 Å². The summed E-state index contributed by atoms with van der Waals surface area (Å²) in [7, 11) is 0. The first-order valence-electron chi connectivity index (χ1n) is 6.37. The van der Waals surface area contributed by atoms with Crippen LogP contribution in [0.25, 0.3) is 0 Å². The minimum atomic E-state index is -1.01. The number of aromatic nitrogens is 2. The summed E-state index contributed by atoms with van der Waals surface area (Å²) < 4.78 is 0. The van der Waals surface area contributed by atoms with Crippen LogP contribution in [0, 0.1) is 6.92 Å². The Morgan fingerprint density at radius 3 is 2.58 bits per heavy atom. The number of aryl methyl sites for hydroxylation is 1. The molecule has 1 aliphatic rings. The van der Waals surface area contributed by atoms with Crippen molar-refractivity contribution < 1.29 is 5.11 Å². The van der Waals surface area contributed by atoms with Gasteiger partial charge in [-0.25, -0.2) is 15.0 Å². The lowest BCUT2D eigenvalue weighted by Gasteiger charge is -2.28. The molecule has 0 spiro atoms. The van der Waals surface area contributed by atoms with E-state index in [0.717, 1.165) is 16.6 Å². The van der Waals surface area contributed by atoms with Gasteiger partial charge in [0.2, 0.25) is 0 Å². The number of hydrogen-bond donors (Lipinski definition) is 1. The molecule has 0 aromatic carbocycles. The number of aliphatic hydroxyl groups is 1. The van der Waals surface area contributed by atoms with Crippen LogP contribution in [0.1, 0.15) is 39.8 Å². The van der Waals surface area contributed by atoms with Crippen LogP contribution in [-0.2, 0) is 0 Å². The van der Waals surface area contributed by atoms with Crippen LogP contribution < -0.4 is 5.01 Å². The molecule has 1 atom stereocenters. The molecule has 1 aromatic rings. The van der Waals surface area contributed by atoms with E-state index in [0.29, 0.717) is 17.5 Å². The SMILES string of the molecule is CC1=NN(c2cc(C)nc(SC(C)C)n2)C(C)(O)C1. The minimum Gasteiger partial charge on any atom is -0.369 e. The maximum Gasteiger partial charge on any atom is 0.190 e. The molecule has 104 valence electrons. The summed E-state index contributed by atoms with van der Waals surface area (Å²) in [6, 6.07) is 1.85. The molecular weight excluding hydrogens is 260 g/mol. The molecule has 2 heterocycles. The molecule has 2 rings (SSSR count). The Bertz CT molecular complexity index is 513. The zero-order valence-electron chi connectivity index (χ0n) is 12.0. The maximum absolute atomic E-state index is 10.4. The highest BCUT2D eigenvalue weighted by molar-refractivity contribution is 7.99. The van der Waals surface area contributed by atoms with Crippen LogP contribution in [0.2, 0.25) is 0 Å². The highest BCUT2D eigenvalue weighted by Crippen LogP contribution is 2.31. The molecule has 19 heavy (non-hydrogen) atoms. The van der Waals surface area contributed by atoms with Crippen molar-refractivity contribution >= 4 is 23.3 Å². The van der Waals surface area contributed by atoms with Gasteiger partial charge >= 0.3 is 0 Å². The number of anilines is 1. The first kappa shape index (κ1) is 14.3. The third-order valence-corrected chi connectivity index (χ3v) is 3.56. The predicted octanol–water partition coefficient (Wildman–Crippen LogP) is 2.58. The van der Waals surface area contributed by atoms with Crippen molar-refractivity contribution in [2.24, 2.45) is 5.10 Å². The molecule has 0 aliphatic carbocycles. The number of thioether (sulfide) groups is 1. The van der Waals surface area contributed by atoms with E-state index in [1.807, 2.05) is 19.9 Å². The Morgan fingerprint density at radius 2 is 2.05 bits per heavy atom. The van der Waals surface area contributed by atoms with E-state index in [-0.39, 0.29) is 0 Å². The molecule has 1 N–H and O–H groups in total. The normalized spacial score (nSPS) is 23.1. The summed E-state index contributed by atoms with van der Waals surface area (Å²) >= 11 is 1.61. The fourth-order valence-electron chi connectivity index (χ4n) is 2.07. The lowest BCUT2D eigenvalue weighted by atomic mass is 10.1. The van der Waals surface area contributed by atoms with Gasteiger partial charge in [0.15, 0.2) is 16.7 Å². The lowest BCUT2D eigenvalue weighted by Crippen LogP contribution is -2.40. The standard InChI is InChI=1S/C13H20N4OS/c1-8(2)19-12-14-9(3)6-11(15-12)17-13(5,18)7-10(4)16-17/h6,8,18H,7H2,1-5H3. The number of hydrazone groups is 1. The Labute approximate surface area is 118 Å². The van der Waals surface area contributed by atoms with Gasteiger partial charge in [0, 0.05) is 29.1 Å². The Balaban J connectivity index is 2.37. The highest BCUT2D eigenvalue weighted by atomic mass is 32.2. The summed E-state index contributed by atoms with van der Waals surface area (Å²) in [6.07, 6.45) is 0.530. The maximum atomic E-state index is 10.4. The van der Waals surface area contributed by atoms with Crippen molar-refractivity contribution in [3.63, 3.8) is 0 Å². The van der Waals surface area contributed by atoms with E-state index in [2.05, 4.69) is 28.9 Å². The van der Waals surface area contributed by atoms with Crippen molar-refractivity contribution in [2.45, 2.75) is 57.2 Å². The molecular formula is C13H20N4OS. The largest absolute Gasteiger partial charge is 0.369 e. The summed E-state index contributed by atoms with van der Waals surface area (Å²) in [5.74, 6) is 0.650. The van der Waals surface area contributed by atoms with Crippen molar-refractivity contribution in [1.29, 1.82) is 0 Å². The Morgan fingerprint density at radius 1 is 1.37 bits per heavy atom. The highest BCUT2D eigenvalue weighted by Gasteiger charge is 2.36. The van der Waals surface area contributed by atoms with Gasteiger partial charge in [-0.3, -0.25) is 0 Å². The molecule has 0 saturated heterocycles. The monoisotopic (exact) mass is 280 g/mol. The first-order chi connectivity index (χ1) is 8.78. The Hall–Kier alpha value is -1.14. The number of hydrogen-bond acceptors (Lipinski definition) is 6. The third-order valence-electron chi connectivity index (χ3n) is 2.70. The van der Waals surface area contributed by atoms with Crippen molar-refractivity contribution in [1.82, 2.24) is 9.97 Å². The third kappa shape index (κ3) is 3.25. The summed E-state index contributed by atoms with van der Waals surface area (Å²) in [5.41, 5.74) is 0.771. The molecule has 6 heteroatoms. The van der Waals surface area contributed by atoms with Crippen LogP contribution in [0.15, 0.2) is 16.3 Å². The molecule has 1 aliphatic heterocycles. The van der Waals surface area contributed by atoms with Crippen molar-refractivity contribution in [3.05, 3.63) is 11.8 Å². The van der Waals surface area contributed by atoms with Crippen LogP contribution in [0.3, 0.4) is 0 Å². The summed E-state index contributed by atoms with van der Waals surface area (Å²) in [5, 5.41) is 17.5. The molecule has 0 amide bonds. The Kier molecular flexibility index (Phi) is 3.82. The van der Waals surface area contributed by atoms with Crippen molar-refractivity contribution in [2.75, 3.05) is 5.01 Å². The predicted molar refractivity (Wildman–Crippen MR) is 78.6 cm³/mol. The van der Waals surface area contributed by atoms with Gasteiger partial charge in [0.25, 0.3) is 0 Å². The molecule has 0 fully saturated rings. The zero-order valence-corrected chi connectivity index (χ0v) is 12.8. The van der Waals surface area contributed by atoms with Gasteiger partial charge in [0.1, 0.15) is 0 Å². The van der Waals surface area contributed by atoms with E-state index in [1.54, 1.807) is 23.7 Å². The fraction of sp³-hybridized carbons (Fsp3) is 0.615. The van der Waals surface area contributed by atoms with E-state index < -0.39 is 5.72 Å². The van der Waals surface area contributed by atoms with Gasteiger partial charge in [-0.2, -0.15) is 5.10 Å². The average Bonchev–Trinajstić information content (AvgIpc) is 2.49. The smallest absolute Gasteiger partial charge is 0.190 e. The second-order valence-corrected chi connectivity index (χ2v) is 6.90. The van der Waals surface area contributed by atoms with Crippen LogP contribution in [-0.4, -0.2) is 31.8 Å². The number of nitrogens with zero attached hydrogens (tertiary/aromatic N) is 4. The van der Waals surface area contributed by atoms with Crippen LogP contribution in [0.4, 0.5) is 5.82 Å². The molecule has 1 unspecified atom stereocenters. The topological polar surface area (TPSA) is 61.6 Å². The summed E-state index contributed by atoms with van der Waals surface area (Å²) in [4.78, 5) is 8.90. The molecule has 0 radical (unpaired) electrons. The first-order valence-corrected chi connectivity index (χ1v) is 7.25. The second-order valence-electron chi connectivity index (χ2n) is 5.36. The van der Waals surface area contributed by atoms with Gasteiger partial charge in [-0.05, 0) is 20.8 Å². The van der Waals surface area contributed by atoms with Crippen LogP contribution in [0.5, 0.6) is 0 Å². The molecule has 0 bridgehead atoms. The second kappa shape index (κ2) is 5.09. The van der Waals surface area contributed by atoms with E-state index >= 15 is 0 Å². The fourth-order valence-corrected chi connectivity index (χ4v) is 2.83. The molecule has 5 nitrogen and oxygen atoms in total. The van der Waals surface area contributed by atoms with Gasteiger partial charge in [-0.15, -0.1) is 0 Å². The minimum absolute atomic E-state index is 0.416. The zero-order chi connectivity index (χ0) is 14.2.